The normalized spacial score (nSPS) is 12.7. The Labute approximate surface area is 130 Å². The molecule has 114 valence electrons. The minimum atomic E-state index is -0.200. The third-order valence-electron chi connectivity index (χ3n) is 3.78. The van der Waals surface area contributed by atoms with E-state index in [-0.39, 0.29) is 11.9 Å². The van der Waals surface area contributed by atoms with E-state index < -0.39 is 0 Å². The Morgan fingerprint density at radius 2 is 2.14 bits per heavy atom. The molecular formula is C16H21ClFN3. The van der Waals surface area contributed by atoms with Crippen LogP contribution in [0.3, 0.4) is 0 Å². The first-order valence-electron chi connectivity index (χ1n) is 7.11. The standard InChI is InChI=1S/C16H21ClFN3/c1-5-13-16(17)15(21(4)20-13)9-14(19-3)11-8-10(2)6-7-12(11)18/h6-8,14,19H,5,9H2,1-4H3. The van der Waals surface area contributed by atoms with Crippen molar-refractivity contribution in [1.82, 2.24) is 15.1 Å². The Morgan fingerprint density at radius 1 is 1.43 bits per heavy atom. The fourth-order valence-corrected chi connectivity index (χ4v) is 2.90. The molecule has 21 heavy (non-hydrogen) atoms. The number of hydrogen-bond acceptors (Lipinski definition) is 2. The number of halogens is 2. The minimum absolute atomic E-state index is 0.137. The van der Waals surface area contributed by atoms with Crippen molar-refractivity contribution in [2.24, 2.45) is 7.05 Å². The molecule has 0 saturated carbocycles. The van der Waals surface area contributed by atoms with E-state index in [2.05, 4.69) is 10.4 Å². The Balaban J connectivity index is 2.36. The third-order valence-corrected chi connectivity index (χ3v) is 4.21. The number of nitrogens with one attached hydrogen (secondary N) is 1. The predicted molar refractivity (Wildman–Crippen MR) is 84.2 cm³/mol. The summed E-state index contributed by atoms with van der Waals surface area (Å²) in [5.41, 5.74) is 3.51. The zero-order valence-electron chi connectivity index (χ0n) is 12.9. The molecule has 0 radical (unpaired) electrons. The van der Waals surface area contributed by atoms with Crippen LogP contribution >= 0.6 is 11.6 Å². The Bertz CT molecular complexity index is 637. The van der Waals surface area contributed by atoms with Gasteiger partial charge in [-0.15, -0.1) is 0 Å². The van der Waals surface area contributed by atoms with Gasteiger partial charge in [-0.3, -0.25) is 4.68 Å². The number of aromatic nitrogens is 2. The average Bonchev–Trinajstić information content (AvgIpc) is 2.74. The lowest BCUT2D eigenvalue weighted by Crippen LogP contribution is -2.21. The average molecular weight is 310 g/mol. The van der Waals surface area contributed by atoms with Gasteiger partial charge in [-0.1, -0.05) is 36.2 Å². The maximum absolute atomic E-state index is 14.1. The van der Waals surface area contributed by atoms with Gasteiger partial charge in [-0.05, 0) is 26.5 Å². The second-order valence-electron chi connectivity index (χ2n) is 5.25. The van der Waals surface area contributed by atoms with E-state index in [9.17, 15) is 4.39 Å². The van der Waals surface area contributed by atoms with Crippen LogP contribution < -0.4 is 5.32 Å². The van der Waals surface area contributed by atoms with Crippen LogP contribution in [0.25, 0.3) is 0 Å². The molecule has 0 aliphatic heterocycles. The number of aryl methyl sites for hydroxylation is 3. The molecule has 5 heteroatoms. The smallest absolute Gasteiger partial charge is 0.128 e. The largest absolute Gasteiger partial charge is 0.313 e. The lowest BCUT2D eigenvalue weighted by Gasteiger charge is -2.18. The van der Waals surface area contributed by atoms with Gasteiger partial charge in [0.15, 0.2) is 0 Å². The van der Waals surface area contributed by atoms with E-state index in [1.807, 2.05) is 34.0 Å². The summed E-state index contributed by atoms with van der Waals surface area (Å²) in [5, 5.41) is 8.28. The van der Waals surface area contributed by atoms with Crippen molar-refractivity contribution >= 4 is 11.6 Å². The molecule has 0 aliphatic carbocycles. The van der Waals surface area contributed by atoms with E-state index in [0.717, 1.165) is 23.4 Å². The molecule has 1 atom stereocenters. The highest BCUT2D eigenvalue weighted by Crippen LogP contribution is 2.27. The molecule has 3 nitrogen and oxygen atoms in total. The van der Waals surface area contributed by atoms with Gasteiger partial charge in [0.2, 0.25) is 0 Å². The molecular weight excluding hydrogens is 289 g/mol. The molecule has 0 saturated heterocycles. The molecule has 0 amide bonds. The maximum atomic E-state index is 14.1. The summed E-state index contributed by atoms with van der Waals surface area (Å²) in [6.45, 7) is 3.98. The van der Waals surface area contributed by atoms with Gasteiger partial charge in [-0.2, -0.15) is 5.10 Å². The van der Waals surface area contributed by atoms with E-state index in [0.29, 0.717) is 17.0 Å². The first kappa shape index (κ1) is 16.0. The van der Waals surface area contributed by atoms with Crippen LogP contribution in [-0.2, 0) is 19.9 Å². The van der Waals surface area contributed by atoms with Gasteiger partial charge in [0, 0.05) is 25.1 Å². The second-order valence-corrected chi connectivity index (χ2v) is 5.63. The van der Waals surface area contributed by atoms with Crippen LogP contribution in [0.2, 0.25) is 5.02 Å². The summed E-state index contributed by atoms with van der Waals surface area (Å²) in [6, 6.07) is 5.03. The van der Waals surface area contributed by atoms with Crippen molar-refractivity contribution in [2.75, 3.05) is 7.05 Å². The second kappa shape index (κ2) is 6.58. The van der Waals surface area contributed by atoms with Crippen molar-refractivity contribution in [3.05, 3.63) is 51.6 Å². The highest BCUT2D eigenvalue weighted by molar-refractivity contribution is 6.31. The molecule has 1 N–H and O–H groups in total. The van der Waals surface area contributed by atoms with E-state index in [4.69, 9.17) is 11.6 Å². The molecule has 0 bridgehead atoms. The van der Waals surface area contributed by atoms with Crippen molar-refractivity contribution in [2.45, 2.75) is 32.7 Å². The van der Waals surface area contributed by atoms with Gasteiger partial charge in [0.05, 0.1) is 16.4 Å². The summed E-state index contributed by atoms with van der Waals surface area (Å²) in [7, 11) is 3.71. The van der Waals surface area contributed by atoms with Gasteiger partial charge in [0.25, 0.3) is 0 Å². The Kier molecular flexibility index (Phi) is 5.01. The quantitative estimate of drug-likeness (QED) is 0.915. The fourth-order valence-electron chi connectivity index (χ4n) is 2.53. The van der Waals surface area contributed by atoms with Crippen LogP contribution in [0, 0.1) is 12.7 Å². The molecule has 1 unspecified atom stereocenters. The first-order valence-corrected chi connectivity index (χ1v) is 7.49. The summed E-state index contributed by atoms with van der Waals surface area (Å²) in [6.07, 6.45) is 1.38. The number of rotatable bonds is 5. The molecule has 1 heterocycles. The molecule has 2 aromatic rings. The molecule has 0 fully saturated rings. The van der Waals surface area contributed by atoms with Crippen molar-refractivity contribution in [3.8, 4) is 0 Å². The van der Waals surface area contributed by atoms with E-state index in [1.54, 1.807) is 10.7 Å². The molecule has 1 aromatic heterocycles. The van der Waals surface area contributed by atoms with Gasteiger partial charge in [0.1, 0.15) is 5.82 Å². The number of hydrogen-bond donors (Lipinski definition) is 1. The fraction of sp³-hybridized carbons (Fsp3) is 0.438. The monoisotopic (exact) mass is 309 g/mol. The SMILES string of the molecule is CCc1nn(C)c(CC(NC)c2cc(C)ccc2F)c1Cl. The summed E-state index contributed by atoms with van der Waals surface area (Å²) < 4.78 is 15.9. The van der Waals surface area contributed by atoms with Gasteiger partial charge in [-0.25, -0.2) is 4.39 Å². The van der Waals surface area contributed by atoms with Gasteiger partial charge < -0.3 is 5.32 Å². The zero-order chi connectivity index (χ0) is 15.6. The molecule has 2 rings (SSSR count). The van der Waals surface area contributed by atoms with Crippen molar-refractivity contribution in [3.63, 3.8) is 0 Å². The van der Waals surface area contributed by atoms with Gasteiger partial charge >= 0.3 is 0 Å². The Hall–Kier alpha value is -1.39. The van der Waals surface area contributed by atoms with Crippen molar-refractivity contribution in [1.29, 1.82) is 0 Å². The van der Waals surface area contributed by atoms with Crippen LogP contribution in [0.5, 0.6) is 0 Å². The first-order chi connectivity index (χ1) is 9.97. The molecule has 1 aromatic carbocycles. The van der Waals surface area contributed by atoms with E-state index >= 15 is 0 Å². The minimum Gasteiger partial charge on any atom is -0.313 e. The molecule has 0 aliphatic rings. The third kappa shape index (κ3) is 3.27. The molecule has 0 spiro atoms. The van der Waals surface area contributed by atoms with Crippen LogP contribution in [-0.4, -0.2) is 16.8 Å². The predicted octanol–water partition coefficient (Wildman–Crippen LogP) is 3.59. The highest BCUT2D eigenvalue weighted by atomic mass is 35.5. The highest BCUT2D eigenvalue weighted by Gasteiger charge is 2.20. The lowest BCUT2D eigenvalue weighted by atomic mass is 9.99. The Morgan fingerprint density at radius 3 is 2.71 bits per heavy atom. The summed E-state index contributed by atoms with van der Waals surface area (Å²) in [4.78, 5) is 0. The zero-order valence-corrected chi connectivity index (χ0v) is 13.6. The topological polar surface area (TPSA) is 29.9 Å². The summed E-state index contributed by atoms with van der Waals surface area (Å²) in [5.74, 6) is -0.200. The number of benzene rings is 1. The maximum Gasteiger partial charge on any atom is 0.128 e. The number of likely N-dealkylation sites (N-methyl/N-ethyl adjacent to an activating group) is 1. The van der Waals surface area contributed by atoms with Crippen LogP contribution in [0.15, 0.2) is 18.2 Å². The van der Waals surface area contributed by atoms with Crippen molar-refractivity contribution < 1.29 is 4.39 Å². The van der Waals surface area contributed by atoms with Crippen LogP contribution in [0.1, 0.15) is 35.5 Å². The van der Waals surface area contributed by atoms with E-state index in [1.165, 1.54) is 6.07 Å². The van der Waals surface area contributed by atoms with Crippen LogP contribution in [0.4, 0.5) is 4.39 Å². The lowest BCUT2D eigenvalue weighted by molar-refractivity contribution is 0.519. The summed E-state index contributed by atoms with van der Waals surface area (Å²) >= 11 is 6.38. The number of nitrogens with zero attached hydrogens (tertiary/aromatic N) is 2.